The smallest absolute Gasteiger partial charge is 0.325 e. The molecule has 80 valence electrons. The molecule has 0 heterocycles. The summed E-state index contributed by atoms with van der Waals surface area (Å²) in [7, 11) is 1.98. The fourth-order valence-corrected chi connectivity index (χ4v) is 2.03. The molecule has 1 unspecified atom stereocenters. The van der Waals surface area contributed by atoms with Crippen LogP contribution in [0.5, 0.6) is 0 Å². The molecule has 1 atom stereocenters. The van der Waals surface area contributed by atoms with Gasteiger partial charge in [0.1, 0.15) is 5.54 Å². The fourth-order valence-electron chi connectivity index (χ4n) is 2.03. The van der Waals surface area contributed by atoms with Crippen LogP contribution in [0.3, 0.4) is 0 Å². The standard InChI is InChI=1S/C10H18N2O2/c1-12(8-4-5-8)6-10(11,9(13)14)7-2-3-7/h7-8H,2-6,11H2,1H3,(H,13,14). The van der Waals surface area contributed by atoms with Crippen LogP contribution in [-0.4, -0.2) is 41.1 Å². The molecule has 4 heteroatoms. The van der Waals surface area contributed by atoms with E-state index in [0.717, 1.165) is 12.8 Å². The summed E-state index contributed by atoms with van der Waals surface area (Å²) in [5.74, 6) is -0.645. The Labute approximate surface area is 84.1 Å². The Balaban J connectivity index is 1.98. The normalized spacial score (nSPS) is 26.2. The number of hydrogen-bond acceptors (Lipinski definition) is 3. The van der Waals surface area contributed by atoms with Crippen LogP contribution in [0.15, 0.2) is 0 Å². The van der Waals surface area contributed by atoms with E-state index in [4.69, 9.17) is 10.8 Å². The van der Waals surface area contributed by atoms with Gasteiger partial charge in [0, 0.05) is 12.6 Å². The van der Waals surface area contributed by atoms with Gasteiger partial charge in [-0.3, -0.25) is 4.79 Å². The maximum absolute atomic E-state index is 11.1. The first-order valence-corrected chi connectivity index (χ1v) is 5.26. The highest BCUT2D eigenvalue weighted by molar-refractivity contribution is 5.79. The Hall–Kier alpha value is -0.610. The van der Waals surface area contributed by atoms with Crippen molar-refractivity contribution in [2.24, 2.45) is 11.7 Å². The second kappa shape index (κ2) is 3.21. The predicted molar refractivity (Wildman–Crippen MR) is 52.9 cm³/mol. The lowest BCUT2D eigenvalue weighted by Gasteiger charge is -2.30. The summed E-state index contributed by atoms with van der Waals surface area (Å²) in [5, 5.41) is 9.14. The van der Waals surface area contributed by atoms with Gasteiger partial charge in [0.25, 0.3) is 0 Å². The summed E-state index contributed by atoms with van der Waals surface area (Å²) < 4.78 is 0. The zero-order valence-corrected chi connectivity index (χ0v) is 8.57. The van der Waals surface area contributed by atoms with E-state index in [1.165, 1.54) is 12.8 Å². The SMILES string of the molecule is CN(CC(N)(C(=O)O)C1CC1)C1CC1. The Morgan fingerprint density at radius 3 is 2.43 bits per heavy atom. The largest absolute Gasteiger partial charge is 0.480 e. The highest BCUT2D eigenvalue weighted by Gasteiger charge is 2.49. The molecule has 4 nitrogen and oxygen atoms in total. The minimum atomic E-state index is -1.00. The number of aliphatic carboxylic acids is 1. The average molecular weight is 198 g/mol. The Kier molecular flexibility index (Phi) is 2.27. The minimum Gasteiger partial charge on any atom is -0.480 e. The number of hydrogen-bond donors (Lipinski definition) is 2. The van der Waals surface area contributed by atoms with E-state index < -0.39 is 11.5 Å². The van der Waals surface area contributed by atoms with Gasteiger partial charge in [-0.05, 0) is 38.6 Å². The van der Waals surface area contributed by atoms with Gasteiger partial charge in [-0.15, -0.1) is 0 Å². The lowest BCUT2D eigenvalue weighted by Crippen LogP contribution is -2.57. The van der Waals surface area contributed by atoms with Crippen molar-refractivity contribution >= 4 is 5.97 Å². The number of nitrogens with two attached hydrogens (primary N) is 1. The van der Waals surface area contributed by atoms with Crippen LogP contribution in [0.2, 0.25) is 0 Å². The van der Waals surface area contributed by atoms with E-state index >= 15 is 0 Å². The number of carboxylic acid groups (broad SMARTS) is 1. The Morgan fingerprint density at radius 2 is 2.07 bits per heavy atom. The Bertz CT molecular complexity index is 249. The van der Waals surface area contributed by atoms with E-state index in [1.807, 2.05) is 7.05 Å². The third kappa shape index (κ3) is 1.77. The van der Waals surface area contributed by atoms with Crippen LogP contribution < -0.4 is 5.73 Å². The van der Waals surface area contributed by atoms with E-state index in [-0.39, 0.29) is 5.92 Å². The van der Waals surface area contributed by atoms with Crippen LogP contribution in [0.1, 0.15) is 25.7 Å². The van der Waals surface area contributed by atoms with Gasteiger partial charge in [0.15, 0.2) is 0 Å². The monoisotopic (exact) mass is 198 g/mol. The number of carboxylic acids is 1. The number of carbonyl (C=O) groups is 1. The van der Waals surface area contributed by atoms with Gasteiger partial charge in [0.05, 0.1) is 0 Å². The van der Waals surface area contributed by atoms with Gasteiger partial charge < -0.3 is 15.7 Å². The third-order valence-electron chi connectivity index (χ3n) is 3.39. The highest BCUT2D eigenvalue weighted by Crippen LogP contribution is 2.40. The lowest BCUT2D eigenvalue weighted by atomic mass is 9.94. The number of likely N-dealkylation sites (N-methyl/N-ethyl adjacent to an activating group) is 1. The van der Waals surface area contributed by atoms with Gasteiger partial charge in [0.2, 0.25) is 0 Å². The topological polar surface area (TPSA) is 66.6 Å². The van der Waals surface area contributed by atoms with Crippen molar-refractivity contribution in [1.82, 2.24) is 4.90 Å². The molecule has 2 aliphatic rings. The number of nitrogens with zero attached hydrogens (tertiary/aromatic N) is 1. The number of rotatable bonds is 5. The van der Waals surface area contributed by atoms with Crippen molar-refractivity contribution in [3.05, 3.63) is 0 Å². The molecule has 0 bridgehead atoms. The fraction of sp³-hybridized carbons (Fsp3) is 0.900. The molecular formula is C10H18N2O2. The average Bonchev–Trinajstić information content (AvgIpc) is 2.96. The molecule has 0 aromatic rings. The first-order chi connectivity index (χ1) is 6.54. The highest BCUT2D eigenvalue weighted by atomic mass is 16.4. The van der Waals surface area contributed by atoms with Crippen LogP contribution >= 0.6 is 0 Å². The molecule has 14 heavy (non-hydrogen) atoms. The molecule has 2 saturated carbocycles. The summed E-state index contributed by atoms with van der Waals surface area (Å²) in [6, 6.07) is 0.580. The summed E-state index contributed by atoms with van der Waals surface area (Å²) >= 11 is 0. The zero-order valence-electron chi connectivity index (χ0n) is 8.57. The van der Waals surface area contributed by atoms with Crippen molar-refractivity contribution in [1.29, 1.82) is 0 Å². The van der Waals surface area contributed by atoms with Crippen molar-refractivity contribution in [2.45, 2.75) is 37.3 Å². The first-order valence-electron chi connectivity index (χ1n) is 5.26. The molecule has 0 radical (unpaired) electrons. The molecule has 3 N–H and O–H groups in total. The molecule has 2 aliphatic carbocycles. The van der Waals surface area contributed by atoms with Crippen molar-refractivity contribution < 1.29 is 9.90 Å². The van der Waals surface area contributed by atoms with E-state index in [9.17, 15) is 4.79 Å². The molecule has 0 aromatic heterocycles. The molecule has 0 amide bonds. The van der Waals surface area contributed by atoms with Gasteiger partial charge >= 0.3 is 5.97 Å². The zero-order chi connectivity index (χ0) is 10.3. The van der Waals surface area contributed by atoms with E-state index in [1.54, 1.807) is 0 Å². The lowest BCUT2D eigenvalue weighted by molar-refractivity contribution is -0.145. The second-order valence-corrected chi connectivity index (χ2v) is 4.77. The summed E-state index contributed by atoms with van der Waals surface area (Å²) in [6.07, 6.45) is 4.33. The molecule has 0 aliphatic heterocycles. The molecule has 2 rings (SSSR count). The summed E-state index contributed by atoms with van der Waals surface area (Å²) in [6.45, 7) is 0.498. The van der Waals surface area contributed by atoms with Crippen molar-refractivity contribution in [3.63, 3.8) is 0 Å². The summed E-state index contributed by atoms with van der Waals surface area (Å²) in [5.41, 5.74) is 4.97. The molecule has 2 fully saturated rings. The van der Waals surface area contributed by atoms with Gasteiger partial charge in [-0.25, -0.2) is 0 Å². The van der Waals surface area contributed by atoms with Gasteiger partial charge in [-0.1, -0.05) is 0 Å². The van der Waals surface area contributed by atoms with Gasteiger partial charge in [-0.2, -0.15) is 0 Å². The van der Waals surface area contributed by atoms with Crippen molar-refractivity contribution in [2.75, 3.05) is 13.6 Å². The molecule has 0 saturated heterocycles. The second-order valence-electron chi connectivity index (χ2n) is 4.77. The predicted octanol–water partition coefficient (Wildman–Crippen LogP) is 0.273. The molecular weight excluding hydrogens is 180 g/mol. The van der Waals surface area contributed by atoms with Crippen LogP contribution in [-0.2, 0) is 4.79 Å². The van der Waals surface area contributed by atoms with Crippen LogP contribution in [0.25, 0.3) is 0 Å². The maximum atomic E-state index is 11.1. The molecule has 0 spiro atoms. The maximum Gasteiger partial charge on any atom is 0.325 e. The van der Waals surface area contributed by atoms with Crippen LogP contribution in [0.4, 0.5) is 0 Å². The quantitative estimate of drug-likeness (QED) is 0.665. The first kappa shape index (κ1) is 9.93. The van der Waals surface area contributed by atoms with Crippen molar-refractivity contribution in [3.8, 4) is 0 Å². The summed E-state index contributed by atoms with van der Waals surface area (Å²) in [4.78, 5) is 13.2. The van der Waals surface area contributed by atoms with Crippen LogP contribution in [0, 0.1) is 5.92 Å². The minimum absolute atomic E-state index is 0.196. The Morgan fingerprint density at radius 1 is 1.50 bits per heavy atom. The van der Waals surface area contributed by atoms with E-state index in [0.29, 0.717) is 12.6 Å². The third-order valence-corrected chi connectivity index (χ3v) is 3.39. The van der Waals surface area contributed by atoms with E-state index in [2.05, 4.69) is 4.90 Å². The molecule has 0 aromatic carbocycles.